The Balaban J connectivity index is 3.22. The fraction of sp³-hybridized carbons (Fsp3) is 0.571. The van der Waals surface area contributed by atoms with E-state index in [4.69, 9.17) is 10.5 Å². The molecule has 0 fully saturated rings. The monoisotopic (exact) mass is 221 g/mol. The lowest BCUT2D eigenvalue weighted by Crippen LogP contribution is -2.15. The highest BCUT2D eigenvalue weighted by Crippen LogP contribution is 2.33. The van der Waals surface area contributed by atoms with E-state index in [2.05, 4.69) is 39.8 Å². The van der Waals surface area contributed by atoms with Gasteiger partial charge in [-0.1, -0.05) is 39.8 Å². The molecule has 0 aromatic heterocycles. The first-order chi connectivity index (χ1) is 7.40. The molecule has 0 aliphatic heterocycles. The molecule has 0 aliphatic carbocycles. The molecule has 16 heavy (non-hydrogen) atoms. The summed E-state index contributed by atoms with van der Waals surface area (Å²) in [5, 5.41) is 0. The van der Waals surface area contributed by atoms with E-state index in [0.717, 1.165) is 5.75 Å². The van der Waals surface area contributed by atoms with Gasteiger partial charge in [0, 0.05) is 0 Å². The van der Waals surface area contributed by atoms with Crippen LogP contribution < -0.4 is 10.5 Å². The van der Waals surface area contributed by atoms with Gasteiger partial charge in [-0.3, -0.25) is 0 Å². The second-order valence-corrected chi connectivity index (χ2v) is 5.35. The second-order valence-electron chi connectivity index (χ2n) is 5.35. The van der Waals surface area contributed by atoms with Crippen molar-refractivity contribution in [3.05, 3.63) is 29.3 Å². The smallest absolute Gasteiger partial charge is 0.122 e. The second kappa shape index (κ2) is 4.88. The normalized spacial score (nSPS) is 13.6. The van der Waals surface area contributed by atoms with Crippen LogP contribution in [0, 0.1) is 0 Å². The highest BCUT2D eigenvalue weighted by molar-refractivity contribution is 5.42. The Morgan fingerprint density at radius 3 is 2.38 bits per heavy atom. The molecular formula is C14H23NO. The van der Waals surface area contributed by atoms with Crippen LogP contribution in [0.25, 0.3) is 0 Å². The highest BCUT2D eigenvalue weighted by atomic mass is 16.5. The molecule has 0 aliphatic rings. The summed E-state index contributed by atoms with van der Waals surface area (Å²) in [5.74, 6) is 1.35. The zero-order chi connectivity index (χ0) is 12.3. The molecule has 0 spiro atoms. The first-order valence-corrected chi connectivity index (χ1v) is 5.78. The van der Waals surface area contributed by atoms with Gasteiger partial charge in [0.2, 0.25) is 0 Å². The van der Waals surface area contributed by atoms with Gasteiger partial charge < -0.3 is 10.5 Å². The van der Waals surface area contributed by atoms with Gasteiger partial charge >= 0.3 is 0 Å². The zero-order valence-corrected chi connectivity index (χ0v) is 11.0. The van der Waals surface area contributed by atoms with Crippen LogP contribution in [0.4, 0.5) is 0 Å². The zero-order valence-electron chi connectivity index (χ0n) is 11.0. The molecule has 1 aromatic rings. The van der Waals surface area contributed by atoms with Crippen LogP contribution in [0.2, 0.25) is 0 Å². The molecule has 0 saturated heterocycles. The summed E-state index contributed by atoms with van der Waals surface area (Å²) < 4.78 is 5.41. The largest absolute Gasteiger partial charge is 0.496 e. The number of benzene rings is 1. The molecule has 1 atom stereocenters. The van der Waals surface area contributed by atoms with Gasteiger partial charge in [0.05, 0.1) is 7.11 Å². The summed E-state index contributed by atoms with van der Waals surface area (Å²) in [6.07, 6.45) is 0. The Morgan fingerprint density at radius 1 is 1.31 bits per heavy atom. The Morgan fingerprint density at radius 2 is 1.94 bits per heavy atom. The van der Waals surface area contributed by atoms with E-state index >= 15 is 0 Å². The Labute approximate surface area is 98.8 Å². The first kappa shape index (κ1) is 13.0. The minimum Gasteiger partial charge on any atom is -0.496 e. The molecule has 0 bridgehead atoms. The minimum atomic E-state index is 0.0929. The fourth-order valence-corrected chi connectivity index (χ4v) is 1.75. The summed E-state index contributed by atoms with van der Waals surface area (Å²) in [6.45, 7) is 9.41. The van der Waals surface area contributed by atoms with Crippen LogP contribution >= 0.6 is 0 Å². The van der Waals surface area contributed by atoms with Gasteiger partial charge in [-0.05, 0) is 35.1 Å². The summed E-state index contributed by atoms with van der Waals surface area (Å²) in [5.41, 5.74) is 8.32. The molecule has 2 N–H and O–H groups in total. The lowest BCUT2D eigenvalue weighted by Gasteiger charge is -2.24. The quantitative estimate of drug-likeness (QED) is 0.851. The van der Waals surface area contributed by atoms with Crippen molar-refractivity contribution >= 4 is 0 Å². The van der Waals surface area contributed by atoms with E-state index in [-0.39, 0.29) is 5.41 Å². The van der Waals surface area contributed by atoms with E-state index in [9.17, 15) is 0 Å². The maximum Gasteiger partial charge on any atom is 0.122 e. The van der Waals surface area contributed by atoms with Crippen LogP contribution in [0.15, 0.2) is 18.2 Å². The first-order valence-electron chi connectivity index (χ1n) is 5.78. The van der Waals surface area contributed by atoms with Gasteiger partial charge in [0.25, 0.3) is 0 Å². The van der Waals surface area contributed by atoms with Crippen molar-refractivity contribution in [1.29, 1.82) is 0 Å². The highest BCUT2D eigenvalue weighted by Gasteiger charge is 2.20. The van der Waals surface area contributed by atoms with Crippen molar-refractivity contribution in [1.82, 2.24) is 0 Å². The van der Waals surface area contributed by atoms with Crippen LogP contribution in [0.1, 0.15) is 44.7 Å². The van der Waals surface area contributed by atoms with Crippen molar-refractivity contribution in [2.24, 2.45) is 5.73 Å². The molecule has 1 unspecified atom stereocenters. The van der Waals surface area contributed by atoms with Gasteiger partial charge in [-0.15, -0.1) is 0 Å². The molecular weight excluding hydrogens is 198 g/mol. The summed E-state index contributed by atoms with van der Waals surface area (Å²) in [6, 6.07) is 6.37. The maximum atomic E-state index is 5.70. The average Bonchev–Trinajstić information content (AvgIpc) is 2.26. The number of methoxy groups -OCH3 is 1. The molecule has 0 radical (unpaired) electrons. The number of hydrogen-bond donors (Lipinski definition) is 1. The van der Waals surface area contributed by atoms with Crippen LogP contribution in [-0.4, -0.2) is 13.7 Å². The van der Waals surface area contributed by atoms with Crippen molar-refractivity contribution in [2.45, 2.75) is 39.0 Å². The standard InChI is InChI=1S/C14H23NO/c1-10(9-15)11-6-7-13(16-5)12(8-11)14(2,3)4/h6-8,10H,9,15H2,1-5H3. The van der Waals surface area contributed by atoms with E-state index < -0.39 is 0 Å². The van der Waals surface area contributed by atoms with Crippen molar-refractivity contribution in [3.63, 3.8) is 0 Å². The molecule has 2 nitrogen and oxygen atoms in total. The predicted octanol–water partition coefficient (Wildman–Crippen LogP) is 3.05. The Bertz CT molecular complexity index is 352. The Kier molecular flexibility index (Phi) is 3.98. The van der Waals surface area contributed by atoms with Gasteiger partial charge in [0.15, 0.2) is 0 Å². The summed E-state index contributed by atoms with van der Waals surface area (Å²) >= 11 is 0. The lowest BCUT2D eigenvalue weighted by atomic mass is 9.84. The molecule has 0 amide bonds. The van der Waals surface area contributed by atoms with E-state index in [1.165, 1.54) is 11.1 Å². The van der Waals surface area contributed by atoms with E-state index in [0.29, 0.717) is 12.5 Å². The number of rotatable bonds is 3. The molecule has 2 heteroatoms. The number of nitrogens with two attached hydrogens (primary N) is 1. The van der Waals surface area contributed by atoms with Crippen LogP contribution in [0.5, 0.6) is 5.75 Å². The van der Waals surface area contributed by atoms with Gasteiger partial charge in [-0.2, -0.15) is 0 Å². The van der Waals surface area contributed by atoms with Gasteiger partial charge in [0.1, 0.15) is 5.75 Å². The van der Waals surface area contributed by atoms with Gasteiger partial charge in [-0.25, -0.2) is 0 Å². The molecule has 90 valence electrons. The minimum absolute atomic E-state index is 0.0929. The summed E-state index contributed by atoms with van der Waals surface area (Å²) in [7, 11) is 1.72. The topological polar surface area (TPSA) is 35.2 Å². The maximum absolute atomic E-state index is 5.70. The SMILES string of the molecule is COc1ccc(C(C)CN)cc1C(C)(C)C. The third-order valence-corrected chi connectivity index (χ3v) is 2.95. The van der Waals surface area contributed by atoms with Crippen LogP contribution in [0.3, 0.4) is 0 Å². The third kappa shape index (κ3) is 2.76. The van der Waals surface area contributed by atoms with Crippen LogP contribution in [-0.2, 0) is 5.41 Å². The van der Waals surface area contributed by atoms with Crippen molar-refractivity contribution in [3.8, 4) is 5.75 Å². The average molecular weight is 221 g/mol. The van der Waals surface area contributed by atoms with E-state index in [1.54, 1.807) is 7.11 Å². The van der Waals surface area contributed by atoms with E-state index in [1.807, 2.05) is 6.07 Å². The third-order valence-electron chi connectivity index (χ3n) is 2.95. The lowest BCUT2D eigenvalue weighted by molar-refractivity contribution is 0.397. The fourth-order valence-electron chi connectivity index (χ4n) is 1.75. The molecule has 1 aromatic carbocycles. The van der Waals surface area contributed by atoms with Crippen molar-refractivity contribution < 1.29 is 4.74 Å². The Hall–Kier alpha value is -1.02. The molecule has 0 saturated carbocycles. The predicted molar refractivity (Wildman–Crippen MR) is 69.2 cm³/mol. The summed E-state index contributed by atoms with van der Waals surface area (Å²) in [4.78, 5) is 0. The number of ether oxygens (including phenoxy) is 1. The number of hydrogen-bond acceptors (Lipinski definition) is 2. The molecule has 0 heterocycles. The molecule has 1 rings (SSSR count). The van der Waals surface area contributed by atoms with Crippen molar-refractivity contribution in [2.75, 3.05) is 13.7 Å².